The summed E-state index contributed by atoms with van der Waals surface area (Å²) in [7, 11) is 0. The van der Waals surface area contributed by atoms with Crippen LogP contribution < -0.4 is 22.2 Å². The van der Waals surface area contributed by atoms with Gasteiger partial charge in [-0.3, -0.25) is 28.3 Å². The van der Waals surface area contributed by atoms with Gasteiger partial charge in [0.1, 0.15) is 29.9 Å². The van der Waals surface area contributed by atoms with Gasteiger partial charge in [0.05, 0.1) is 0 Å². The monoisotopic (exact) mass is 470 g/mol. The van der Waals surface area contributed by atoms with E-state index in [2.05, 4.69) is 0 Å². The fraction of sp³-hybridized carbons (Fsp3) is 0.500. The summed E-state index contributed by atoms with van der Waals surface area (Å²) in [4.78, 5) is 50.4. The Morgan fingerprint density at radius 3 is 0.967 bits per heavy atom. The Kier molecular flexibility index (Phi) is 3.51. The van der Waals surface area contributed by atoms with Gasteiger partial charge in [-0.15, -0.1) is 22.7 Å². The van der Waals surface area contributed by atoms with Crippen LogP contribution in [0.5, 0.6) is 0 Å². The zero-order chi connectivity index (χ0) is 22.0. The molecule has 160 valence electrons. The quantitative estimate of drug-likeness (QED) is 0.540. The van der Waals surface area contributed by atoms with E-state index in [0.717, 1.165) is 0 Å². The zero-order valence-corrected chi connectivity index (χ0v) is 16.1. The van der Waals surface area contributed by atoms with Crippen molar-refractivity contribution in [3.63, 3.8) is 0 Å². The van der Waals surface area contributed by atoms with E-state index in [1.54, 1.807) is 0 Å². The number of hydrogen-bond donors (Lipinski definition) is 0. The number of rotatable bonds is 2. The molecule has 3 heterocycles. The molecule has 30 heavy (non-hydrogen) atoms. The van der Waals surface area contributed by atoms with E-state index in [1.807, 2.05) is 0 Å². The van der Waals surface area contributed by atoms with Gasteiger partial charge in [-0.1, -0.05) is 0 Å². The van der Waals surface area contributed by atoms with Crippen LogP contribution in [0, 0.1) is 0 Å². The smallest absolute Gasteiger partial charge is 0.268 e. The molecule has 5 rings (SSSR count). The molecular formula is C16H8F6N2O4S2. The topological polar surface area (TPSA) is 78.1 Å². The maximum atomic E-state index is 13.4. The first-order chi connectivity index (χ1) is 13.8. The zero-order valence-electron chi connectivity index (χ0n) is 14.4. The second-order valence-corrected chi connectivity index (χ2v) is 9.51. The number of aromatic nitrogens is 2. The minimum Gasteiger partial charge on any atom is -0.268 e. The molecule has 0 radical (unpaired) electrons. The second kappa shape index (κ2) is 5.33. The van der Waals surface area contributed by atoms with Crippen LogP contribution in [0.2, 0.25) is 0 Å². The Morgan fingerprint density at radius 1 is 0.567 bits per heavy atom. The first-order valence-electron chi connectivity index (χ1n) is 8.52. The number of hydrogen-bond acceptors (Lipinski definition) is 6. The van der Waals surface area contributed by atoms with Crippen molar-refractivity contribution in [2.24, 2.45) is 0 Å². The van der Waals surface area contributed by atoms with E-state index in [9.17, 15) is 45.5 Å². The molecule has 2 aliphatic rings. The van der Waals surface area contributed by atoms with Crippen LogP contribution in [0.4, 0.5) is 26.3 Å². The summed E-state index contributed by atoms with van der Waals surface area (Å²) < 4.78 is 78.8. The predicted molar refractivity (Wildman–Crippen MR) is 96.0 cm³/mol. The standard InChI is InChI=1S/C16H8F6N2O4S2/c17-15(18,19)13(1-2-13)23-9(25)5-6(10(23)26)30-8-7(29-5)11(27)24(12(8)28)14(3-4-14)16(20,21)22/h1-4H2. The van der Waals surface area contributed by atoms with Crippen molar-refractivity contribution < 1.29 is 26.3 Å². The molecule has 0 atom stereocenters. The first-order valence-corrected chi connectivity index (χ1v) is 10.2. The Morgan fingerprint density at radius 2 is 0.800 bits per heavy atom. The van der Waals surface area contributed by atoms with Crippen molar-refractivity contribution in [1.82, 2.24) is 9.13 Å². The lowest BCUT2D eigenvalue weighted by atomic mass is 10.2. The minimum absolute atomic E-state index is 0.102. The molecule has 0 spiro atoms. The number of halogens is 6. The van der Waals surface area contributed by atoms with E-state index in [0.29, 0.717) is 22.7 Å². The van der Waals surface area contributed by atoms with Gasteiger partial charge in [-0.2, -0.15) is 26.3 Å². The Hall–Kier alpha value is -2.22. The van der Waals surface area contributed by atoms with Crippen LogP contribution in [0.1, 0.15) is 25.7 Å². The van der Waals surface area contributed by atoms with Crippen molar-refractivity contribution >= 4 is 41.5 Å². The van der Waals surface area contributed by atoms with Crippen LogP contribution in [-0.2, 0) is 11.1 Å². The van der Waals surface area contributed by atoms with Crippen LogP contribution in [0.25, 0.3) is 18.8 Å². The van der Waals surface area contributed by atoms with Crippen molar-refractivity contribution in [2.45, 2.75) is 49.1 Å². The third-order valence-electron chi connectivity index (χ3n) is 5.77. The summed E-state index contributed by atoms with van der Waals surface area (Å²) in [6.45, 7) is 0. The highest BCUT2D eigenvalue weighted by atomic mass is 32.1. The van der Waals surface area contributed by atoms with Gasteiger partial charge in [-0.05, 0) is 25.7 Å². The van der Waals surface area contributed by atoms with E-state index >= 15 is 0 Å². The van der Waals surface area contributed by atoms with Gasteiger partial charge in [0.15, 0.2) is 0 Å². The Labute approximate surface area is 167 Å². The van der Waals surface area contributed by atoms with Crippen molar-refractivity contribution in [2.75, 3.05) is 0 Å². The van der Waals surface area contributed by atoms with Crippen molar-refractivity contribution in [1.29, 1.82) is 0 Å². The fourth-order valence-corrected chi connectivity index (χ4v) is 6.17. The third kappa shape index (κ3) is 2.15. The molecule has 3 aromatic rings. The molecule has 0 bridgehead atoms. The molecule has 2 fully saturated rings. The highest BCUT2D eigenvalue weighted by molar-refractivity contribution is 7.36. The predicted octanol–water partition coefficient (Wildman–Crippen LogP) is 2.70. The molecule has 0 aromatic carbocycles. The number of alkyl halides is 6. The van der Waals surface area contributed by atoms with Crippen molar-refractivity contribution in [3.8, 4) is 0 Å². The Bertz CT molecular complexity index is 1280. The molecule has 6 nitrogen and oxygen atoms in total. The summed E-state index contributed by atoms with van der Waals surface area (Å²) in [6.07, 6.45) is -11.6. The summed E-state index contributed by atoms with van der Waals surface area (Å²) in [5.74, 6) is 0. The molecule has 2 aliphatic carbocycles. The molecule has 0 saturated heterocycles. The number of nitrogens with zero attached hydrogens (tertiary/aromatic N) is 2. The molecular weight excluding hydrogens is 462 g/mol. The second-order valence-electron chi connectivity index (χ2n) is 7.47. The largest absolute Gasteiger partial charge is 0.412 e. The third-order valence-corrected chi connectivity index (χ3v) is 8.36. The highest BCUT2D eigenvalue weighted by Gasteiger charge is 2.67. The lowest BCUT2D eigenvalue weighted by Crippen LogP contribution is -2.45. The average Bonchev–Trinajstić information content (AvgIpc) is 3.52. The normalized spacial score (nSPS) is 20.2. The van der Waals surface area contributed by atoms with E-state index in [-0.39, 0.29) is 9.13 Å². The van der Waals surface area contributed by atoms with E-state index in [4.69, 9.17) is 0 Å². The molecule has 0 N–H and O–H groups in total. The first kappa shape index (κ1) is 19.7. The maximum absolute atomic E-state index is 13.4. The summed E-state index contributed by atoms with van der Waals surface area (Å²) in [5.41, 5.74) is -10.3. The SMILES string of the molecule is O=c1c2sc3c(=O)n(C4(C(F)(F)F)CC4)c(=O)c3sc2c(=O)n1C1(C(F)(F)F)CC1. The van der Waals surface area contributed by atoms with E-state index in [1.165, 1.54) is 0 Å². The fourth-order valence-electron chi connectivity index (χ4n) is 3.83. The van der Waals surface area contributed by atoms with Gasteiger partial charge in [0.25, 0.3) is 22.2 Å². The van der Waals surface area contributed by atoms with E-state index < -0.39 is 90.2 Å². The lowest BCUT2D eigenvalue weighted by Gasteiger charge is -2.19. The summed E-state index contributed by atoms with van der Waals surface area (Å²) in [5, 5.41) is 0. The van der Waals surface area contributed by atoms with Gasteiger partial charge in [-0.25, -0.2) is 0 Å². The average molecular weight is 470 g/mol. The molecule has 14 heteroatoms. The van der Waals surface area contributed by atoms with Crippen LogP contribution in [0.15, 0.2) is 19.2 Å². The Balaban J connectivity index is 1.84. The maximum Gasteiger partial charge on any atom is 0.412 e. The van der Waals surface area contributed by atoms with Gasteiger partial charge in [0.2, 0.25) is 0 Å². The van der Waals surface area contributed by atoms with Gasteiger partial charge >= 0.3 is 12.4 Å². The molecule has 0 unspecified atom stereocenters. The van der Waals surface area contributed by atoms with Crippen molar-refractivity contribution in [3.05, 3.63) is 41.4 Å². The molecule has 3 aromatic heterocycles. The molecule has 0 aliphatic heterocycles. The minimum atomic E-state index is -4.86. The van der Waals surface area contributed by atoms with Crippen LogP contribution >= 0.6 is 22.7 Å². The lowest BCUT2D eigenvalue weighted by molar-refractivity contribution is -0.181. The summed E-state index contributed by atoms with van der Waals surface area (Å²) in [6, 6.07) is 0. The molecule has 2 saturated carbocycles. The van der Waals surface area contributed by atoms with Gasteiger partial charge < -0.3 is 0 Å². The summed E-state index contributed by atoms with van der Waals surface area (Å²) >= 11 is 0.585. The van der Waals surface area contributed by atoms with Crippen LogP contribution in [0.3, 0.4) is 0 Å². The highest BCUT2D eigenvalue weighted by Crippen LogP contribution is 2.55. The van der Waals surface area contributed by atoms with Crippen LogP contribution in [-0.4, -0.2) is 21.5 Å². The van der Waals surface area contributed by atoms with Gasteiger partial charge in [0, 0.05) is 0 Å². The molecule has 0 amide bonds. The number of fused-ring (bicyclic) bond motifs is 2.